The summed E-state index contributed by atoms with van der Waals surface area (Å²) in [5, 5.41) is 57.8. The van der Waals surface area contributed by atoms with Crippen LogP contribution in [-0.4, -0.2) is 96.3 Å². The molecule has 1 N–H and O–H groups in total. The molecule has 0 amide bonds. The van der Waals surface area contributed by atoms with Crippen LogP contribution in [-0.2, 0) is 0 Å². The number of ether oxygens (including phenoxy) is 2. The quantitative estimate of drug-likeness (QED) is 0.0941. The SMILES string of the molecule is N#Cc1ccc(C(=O)n2ccc(/C=C/c3cccs3)n2)cc1.N#Cc1cccc(C(=O)n2ccc(/C=C/c3cccs3)n2)c1.O=C(O)c1ccc(C(=O)n2ccc(/C=C/c3cccs3)n2)cc1.O=C(c1ccc2c(c1)OCO2)n1ccc(/C=C/c2cccs2)n1.O=C(c1ccccc1)n1ccc(/C=C/c2cccs2)n1. The fourth-order valence-electron chi connectivity index (χ4n) is 9.90. The zero-order chi connectivity index (χ0) is 76.4. The molecule has 16 rings (SSSR count). The van der Waals surface area contributed by atoms with Crippen molar-refractivity contribution in [1.29, 1.82) is 10.5 Å². The van der Waals surface area contributed by atoms with Crippen molar-refractivity contribution in [3.8, 4) is 23.6 Å². The first-order valence-corrected chi connectivity index (χ1v) is 37.6. The zero-order valence-electron chi connectivity index (χ0n) is 57.6. The highest BCUT2D eigenvalue weighted by Gasteiger charge is 2.19. The Bertz CT molecular complexity index is 5870. The van der Waals surface area contributed by atoms with E-state index in [1.165, 1.54) is 47.7 Å². The summed E-state index contributed by atoms with van der Waals surface area (Å²) in [5.41, 5.74) is 7.17. The Labute approximate surface area is 649 Å². The topological polar surface area (TPSA) is 278 Å². The van der Waals surface area contributed by atoms with E-state index >= 15 is 0 Å². The third kappa shape index (κ3) is 21.0. The van der Waals surface area contributed by atoms with Crippen LogP contribution in [0.3, 0.4) is 0 Å². The van der Waals surface area contributed by atoms with Gasteiger partial charge in [0.05, 0.1) is 57.3 Å². The van der Waals surface area contributed by atoms with Gasteiger partial charge in [0.15, 0.2) is 11.5 Å². The Kier molecular flexibility index (Phi) is 25.8. The average Bonchev–Trinajstić information content (AvgIpc) is 1.66. The van der Waals surface area contributed by atoms with Gasteiger partial charge >= 0.3 is 5.97 Å². The summed E-state index contributed by atoms with van der Waals surface area (Å²) < 4.78 is 17.1. The van der Waals surface area contributed by atoms with Crippen LogP contribution >= 0.6 is 56.7 Å². The maximum atomic E-state index is 12.5. The number of benzene rings is 5. The summed E-state index contributed by atoms with van der Waals surface area (Å²) >= 11 is 8.21. The highest BCUT2D eigenvalue weighted by molar-refractivity contribution is 7.12. The Morgan fingerprint density at radius 1 is 0.318 bits per heavy atom. The van der Waals surface area contributed by atoms with Crippen molar-refractivity contribution >= 4 is 153 Å². The van der Waals surface area contributed by atoms with Crippen molar-refractivity contribution in [3.63, 3.8) is 0 Å². The van der Waals surface area contributed by atoms with Gasteiger partial charge in [0.2, 0.25) is 6.79 Å². The fraction of sp³-hybridized carbons (Fsp3) is 0.0119. The van der Waals surface area contributed by atoms with Gasteiger partial charge in [-0.25, -0.2) is 28.2 Å². The number of carbonyl (C=O) groups excluding carboxylic acids is 5. The van der Waals surface area contributed by atoms with E-state index in [0.29, 0.717) is 61.8 Å². The summed E-state index contributed by atoms with van der Waals surface area (Å²) in [4.78, 5) is 78.1. The normalized spacial score (nSPS) is 11.3. The molecule has 1 aliphatic heterocycles. The second-order valence-corrected chi connectivity index (χ2v) is 27.8. The molecule has 0 atom stereocenters. The van der Waals surface area contributed by atoms with E-state index in [4.69, 9.17) is 25.1 Å². The predicted molar refractivity (Wildman–Crippen MR) is 431 cm³/mol. The van der Waals surface area contributed by atoms with E-state index in [1.54, 1.807) is 191 Å². The summed E-state index contributed by atoms with van der Waals surface area (Å²) in [6, 6.07) is 66.1. The molecule has 0 aliphatic carbocycles. The Morgan fingerprint density at radius 2 is 0.627 bits per heavy atom. The van der Waals surface area contributed by atoms with Crippen LogP contribution in [0.15, 0.2) is 270 Å². The standard InChI is InChI=1S/2C17H11N3OS.2C17H12N2O3S.C16H12N2OS/c18-12-13-3-1-4-14(11-13)17(21)20-9-8-15(19-20)6-7-16-5-2-10-22-16;18-12-13-3-5-14(6-4-13)17(21)20-10-9-15(19-20)7-8-16-2-1-11-22-16;20-17(12-3-6-15-16(10-12)22-11-21-15)19-8-7-13(18-19)4-5-14-2-1-9-23-14;20-16(12-3-5-13(6-4-12)17(21)22)19-10-9-14(18-19)7-8-15-2-1-11-23-15;19-16(13-5-2-1-3-6-13)18-11-10-14(17-18)8-9-15-7-4-12-20-15/h2*1-11H;1-10H,11H2;1-11H,(H,21,22);1-12H/b7-6+;8-7+;5-4+;8-7+;9-8+. The lowest BCUT2D eigenvalue weighted by Crippen LogP contribution is -2.13. The number of aromatic nitrogens is 10. The molecule has 1 aliphatic rings. The summed E-state index contributed by atoms with van der Waals surface area (Å²) in [5.74, 6) is -0.905. The second-order valence-electron chi connectivity index (χ2n) is 22.9. The first-order chi connectivity index (χ1) is 53.8. The van der Waals surface area contributed by atoms with Gasteiger partial charge in [-0.2, -0.15) is 36.0 Å². The molecule has 110 heavy (non-hydrogen) atoms. The lowest BCUT2D eigenvalue weighted by Gasteiger charge is -2.02. The van der Waals surface area contributed by atoms with E-state index in [2.05, 4.69) is 25.5 Å². The van der Waals surface area contributed by atoms with Crippen LogP contribution in [0, 0.1) is 22.7 Å². The summed E-state index contributed by atoms with van der Waals surface area (Å²) in [6.45, 7) is 0.187. The molecule has 0 saturated carbocycles. The molecule has 538 valence electrons. The number of nitrogens with zero attached hydrogens (tertiary/aromatic N) is 12. The molecule has 5 aromatic carbocycles. The Morgan fingerprint density at radius 3 is 0.973 bits per heavy atom. The first kappa shape index (κ1) is 75.4. The third-order valence-corrected chi connectivity index (χ3v) is 19.6. The largest absolute Gasteiger partial charge is 0.478 e. The lowest BCUT2D eigenvalue weighted by atomic mass is 10.1. The molecule has 11 heterocycles. The molecular formula is C84H58N12O9S5. The zero-order valence-corrected chi connectivity index (χ0v) is 61.7. The smallest absolute Gasteiger partial charge is 0.335 e. The predicted octanol–water partition coefficient (Wildman–Crippen LogP) is 18.2. The molecule has 26 heteroatoms. The molecular weight excluding hydrogens is 1480 g/mol. The molecule has 0 fully saturated rings. The monoisotopic (exact) mass is 1540 g/mol. The Hall–Kier alpha value is -14.3. The molecule has 0 unspecified atom stereocenters. The van der Waals surface area contributed by atoms with Gasteiger partial charge in [0.25, 0.3) is 29.5 Å². The van der Waals surface area contributed by atoms with E-state index in [0.717, 1.165) is 41.5 Å². The van der Waals surface area contributed by atoms with Gasteiger partial charge in [0, 0.05) is 83.2 Å². The van der Waals surface area contributed by atoms with Crippen LogP contribution in [0.1, 0.15) is 126 Å². The van der Waals surface area contributed by atoms with Crippen LogP contribution < -0.4 is 9.47 Å². The minimum absolute atomic E-state index is 0.124. The number of carboxylic acids is 1. The number of thiophene rings is 5. The number of carboxylic acid groups (broad SMARTS) is 1. The number of aromatic carboxylic acids is 1. The first-order valence-electron chi connectivity index (χ1n) is 33.2. The fourth-order valence-corrected chi connectivity index (χ4v) is 13.0. The molecule has 10 aromatic heterocycles. The van der Waals surface area contributed by atoms with Gasteiger partial charge < -0.3 is 14.6 Å². The molecule has 0 spiro atoms. The number of hydrogen-bond acceptors (Lipinski definition) is 20. The summed E-state index contributed by atoms with van der Waals surface area (Å²) in [6.07, 6.45) is 27.3. The van der Waals surface area contributed by atoms with Gasteiger partial charge in [0.1, 0.15) is 0 Å². The van der Waals surface area contributed by atoms with E-state index in [-0.39, 0.29) is 41.9 Å². The van der Waals surface area contributed by atoms with Crippen molar-refractivity contribution in [2.75, 3.05) is 6.79 Å². The van der Waals surface area contributed by atoms with Crippen molar-refractivity contribution in [1.82, 2.24) is 48.9 Å². The number of nitriles is 2. The van der Waals surface area contributed by atoms with Crippen LogP contribution in [0.5, 0.6) is 11.5 Å². The minimum Gasteiger partial charge on any atom is -0.478 e. The molecule has 0 radical (unpaired) electrons. The lowest BCUT2D eigenvalue weighted by molar-refractivity contribution is 0.0695. The van der Waals surface area contributed by atoms with E-state index < -0.39 is 5.97 Å². The van der Waals surface area contributed by atoms with Gasteiger partial charge in [-0.1, -0.05) is 54.6 Å². The third-order valence-electron chi connectivity index (χ3n) is 15.4. The van der Waals surface area contributed by atoms with Gasteiger partial charge in [-0.05, 0) is 245 Å². The number of fused-ring (bicyclic) bond motifs is 1. The van der Waals surface area contributed by atoms with Crippen LogP contribution in [0.4, 0.5) is 0 Å². The second kappa shape index (κ2) is 37.6. The highest BCUT2D eigenvalue weighted by Crippen LogP contribution is 2.33. The van der Waals surface area contributed by atoms with Crippen LogP contribution in [0.2, 0.25) is 0 Å². The number of hydrogen-bond donors (Lipinski definition) is 1. The Balaban J connectivity index is 0.000000128. The van der Waals surface area contributed by atoms with Crippen molar-refractivity contribution in [3.05, 3.63) is 368 Å². The molecule has 0 saturated heterocycles. The molecule has 21 nitrogen and oxygen atoms in total. The maximum absolute atomic E-state index is 12.5. The summed E-state index contributed by atoms with van der Waals surface area (Å²) in [7, 11) is 0. The number of carbonyl (C=O) groups is 6. The van der Waals surface area contributed by atoms with Crippen molar-refractivity contribution in [2.45, 2.75) is 0 Å². The van der Waals surface area contributed by atoms with Crippen molar-refractivity contribution < 1.29 is 43.3 Å². The molecule has 0 bridgehead atoms. The minimum atomic E-state index is -1.02. The van der Waals surface area contributed by atoms with Gasteiger partial charge in [-0.3, -0.25) is 24.0 Å². The molecule has 15 aromatic rings. The average molecular weight is 1540 g/mol. The van der Waals surface area contributed by atoms with Crippen LogP contribution in [0.25, 0.3) is 60.8 Å². The van der Waals surface area contributed by atoms with Gasteiger partial charge in [-0.15, -0.1) is 56.7 Å². The number of rotatable bonds is 16. The van der Waals surface area contributed by atoms with Crippen molar-refractivity contribution in [2.24, 2.45) is 0 Å². The van der Waals surface area contributed by atoms with E-state index in [9.17, 15) is 28.8 Å². The highest BCUT2D eigenvalue weighted by atomic mass is 32.1. The van der Waals surface area contributed by atoms with E-state index in [1.807, 2.05) is 185 Å². The maximum Gasteiger partial charge on any atom is 0.335 e.